The molecule has 1 amide bonds. The Balaban J connectivity index is 1.13. The lowest BCUT2D eigenvalue weighted by Gasteiger charge is -2.26. The first-order valence-electron chi connectivity index (χ1n) is 15.7. The average Bonchev–Trinajstić information content (AvgIpc) is 3.74. The fourth-order valence-electron chi connectivity index (χ4n) is 6.41. The van der Waals surface area contributed by atoms with E-state index in [-0.39, 0.29) is 11.5 Å². The normalized spacial score (nSPS) is 17.7. The van der Waals surface area contributed by atoms with E-state index >= 15 is 0 Å². The molecule has 0 unspecified atom stereocenters. The number of hydrogen-bond acceptors (Lipinski definition) is 7. The molecule has 236 valence electrons. The van der Waals surface area contributed by atoms with Gasteiger partial charge in [0.25, 0.3) is 5.91 Å². The minimum atomic E-state index is -0.960. The van der Waals surface area contributed by atoms with Crippen LogP contribution in [0, 0.1) is 0 Å². The van der Waals surface area contributed by atoms with Crippen molar-refractivity contribution in [1.82, 2.24) is 14.8 Å². The van der Waals surface area contributed by atoms with Gasteiger partial charge in [0, 0.05) is 48.3 Å². The number of H-pyrrole nitrogens is 1. The van der Waals surface area contributed by atoms with E-state index in [9.17, 15) is 9.59 Å². The van der Waals surface area contributed by atoms with E-state index in [0.717, 1.165) is 73.7 Å². The number of thioether (sulfide) groups is 1. The second kappa shape index (κ2) is 13.4. The number of ether oxygens (including phenoxy) is 2. The summed E-state index contributed by atoms with van der Waals surface area (Å²) in [5.41, 5.74) is 8.10. The number of fused-ring (bicyclic) bond motifs is 3. The molecule has 3 aliphatic rings. The molecule has 2 N–H and O–H groups in total. The van der Waals surface area contributed by atoms with Crippen molar-refractivity contribution in [2.75, 3.05) is 46.0 Å². The number of benzene rings is 3. The number of carboxylic acid groups (broad SMARTS) is 1. The van der Waals surface area contributed by atoms with Crippen molar-refractivity contribution in [1.29, 1.82) is 0 Å². The number of aryl methyl sites for hydroxylation is 2. The molecule has 2 aliphatic heterocycles. The van der Waals surface area contributed by atoms with Crippen molar-refractivity contribution < 1.29 is 24.2 Å². The van der Waals surface area contributed by atoms with Crippen LogP contribution in [0.4, 0.5) is 0 Å². The van der Waals surface area contributed by atoms with Crippen LogP contribution in [0.2, 0.25) is 0 Å². The van der Waals surface area contributed by atoms with Gasteiger partial charge < -0.3 is 19.6 Å². The Morgan fingerprint density at radius 1 is 1.04 bits per heavy atom. The van der Waals surface area contributed by atoms with Crippen LogP contribution < -0.4 is 4.74 Å². The van der Waals surface area contributed by atoms with E-state index in [4.69, 9.17) is 26.8 Å². The number of aromatic amines is 1. The molecule has 1 aliphatic carbocycles. The largest absolute Gasteiger partial charge is 0.492 e. The number of aromatic carboxylic acids is 1. The summed E-state index contributed by atoms with van der Waals surface area (Å²) in [5.74, 6) is -0.259. The smallest absolute Gasteiger partial charge is 0.335 e. The average molecular weight is 654 g/mol. The highest BCUT2D eigenvalue weighted by molar-refractivity contribution is 8.26. The zero-order chi connectivity index (χ0) is 31.6. The van der Waals surface area contributed by atoms with Crippen molar-refractivity contribution in [3.05, 3.63) is 93.5 Å². The molecule has 0 bridgehead atoms. The summed E-state index contributed by atoms with van der Waals surface area (Å²) >= 11 is 6.91. The molecule has 0 radical (unpaired) electrons. The first-order chi connectivity index (χ1) is 22.4. The van der Waals surface area contributed by atoms with E-state index in [0.29, 0.717) is 28.8 Å². The summed E-state index contributed by atoms with van der Waals surface area (Å²) in [5, 5.41) is 10.4. The first-order valence-corrected chi connectivity index (χ1v) is 16.9. The Morgan fingerprint density at radius 2 is 1.87 bits per heavy atom. The van der Waals surface area contributed by atoms with Crippen LogP contribution in [0.15, 0.2) is 65.6 Å². The third-order valence-corrected chi connectivity index (χ3v) is 10.3. The Kier molecular flexibility index (Phi) is 8.95. The quantitative estimate of drug-likeness (QED) is 0.155. The predicted molar refractivity (Wildman–Crippen MR) is 185 cm³/mol. The van der Waals surface area contributed by atoms with E-state index in [1.165, 1.54) is 40.3 Å². The number of nitrogens with one attached hydrogen (secondary N) is 1. The molecule has 4 aromatic rings. The van der Waals surface area contributed by atoms with Crippen LogP contribution in [-0.4, -0.2) is 82.1 Å². The van der Waals surface area contributed by atoms with Crippen LogP contribution in [0.3, 0.4) is 0 Å². The summed E-state index contributed by atoms with van der Waals surface area (Å²) < 4.78 is 12.4. The van der Waals surface area contributed by atoms with Gasteiger partial charge in [0.1, 0.15) is 16.7 Å². The lowest BCUT2D eigenvalue weighted by atomic mass is 9.99. The van der Waals surface area contributed by atoms with Gasteiger partial charge in [-0.15, -0.1) is 0 Å². The highest BCUT2D eigenvalue weighted by Gasteiger charge is 2.31. The topological polar surface area (TPSA) is 95.1 Å². The summed E-state index contributed by atoms with van der Waals surface area (Å²) in [6.45, 7) is 5.18. The number of rotatable bonds is 10. The molecule has 8 nitrogen and oxygen atoms in total. The molecule has 3 heterocycles. The Bertz CT molecular complexity index is 1840. The second-order valence-electron chi connectivity index (χ2n) is 11.8. The number of amides is 1. The molecule has 0 saturated carbocycles. The highest BCUT2D eigenvalue weighted by atomic mass is 32.2. The monoisotopic (exact) mass is 653 g/mol. The third kappa shape index (κ3) is 6.48. The number of carbonyl (C=O) groups excluding carboxylic acids is 1. The fraction of sp³-hybridized carbons (Fsp3) is 0.306. The molecule has 2 fully saturated rings. The van der Waals surface area contributed by atoms with E-state index in [1.807, 2.05) is 18.2 Å². The first kappa shape index (κ1) is 30.7. The van der Waals surface area contributed by atoms with Crippen molar-refractivity contribution in [2.24, 2.45) is 0 Å². The molecule has 3 aromatic carbocycles. The van der Waals surface area contributed by atoms with Crippen LogP contribution in [0.25, 0.3) is 28.1 Å². The molecule has 0 spiro atoms. The van der Waals surface area contributed by atoms with Crippen LogP contribution in [-0.2, 0) is 28.8 Å². The summed E-state index contributed by atoms with van der Waals surface area (Å²) in [6, 6.07) is 19.4. The fourth-order valence-corrected chi connectivity index (χ4v) is 7.72. The Hall–Kier alpha value is -3.96. The minimum Gasteiger partial charge on any atom is -0.492 e. The molecular formula is C36H35N3O5S2. The van der Waals surface area contributed by atoms with Crippen molar-refractivity contribution in [2.45, 2.75) is 25.7 Å². The molecule has 46 heavy (non-hydrogen) atoms. The van der Waals surface area contributed by atoms with Crippen LogP contribution in [0.5, 0.6) is 5.75 Å². The van der Waals surface area contributed by atoms with Gasteiger partial charge in [-0.1, -0.05) is 48.2 Å². The number of carbonyl (C=O) groups is 2. The maximum atomic E-state index is 13.5. The van der Waals surface area contributed by atoms with Crippen molar-refractivity contribution in [3.63, 3.8) is 0 Å². The number of hydrogen-bond donors (Lipinski definition) is 2. The number of nitrogens with zero attached hydrogens (tertiary/aromatic N) is 2. The standard InChI is InChI=1S/C36H35N3O5S2/c40-34-33(46-36(45)39(34)13-12-23-4-7-25(8-5-23)35(41)42)21-24-6-11-32(44-19-16-38-14-17-43-18-15-38)28(20-24)26-9-10-31-29(22-26)27-2-1-3-30(27)37-31/h4-11,20-22,37H,1-3,12-19H2,(H,41,42)/b33-21-. The van der Waals surface area contributed by atoms with E-state index < -0.39 is 5.97 Å². The zero-order valence-corrected chi connectivity index (χ0v) is 27.1. The van der Waals surface area contributed by atoms with Crippen molar-refractivity contribution >= 4 is 57.2 Å². The minimum absolute atomic E-state index is 0.117. The summed E-state index contributed by atoms with van der Waals surface area (Å²) in [4.78, 5) is 32.8. The van der Waals surface area contributed by atoms with Gasteiger partial charge in [-0.3, -0.25) is 14.6 Å². The number of carboxylic acids is 1. The molecule has 1 aromatic heterocycles. The Labute approximate surface area is 277 Å². The van der Waals surface area contributed by atoms with E-state index in [2.05, 4.69) is 34.1 Å². The van der Waals surface area contributed by atoms with Crippen LogP contribution in [0.1, 0.15) is 39.2 Å². The lowest BCUT2D eigenvalue weighted by Crippen LogP contribution is -2.38. The number of aromatic nitrogens is 1. The maximum Gasteiger partial charge on any atom is 0.335 e. The van der Waals surface area contributed by atoms with Gasteiger partial charge >= 0.3 is 5.97 Å². The Morgan fingerprint density at radius 3 is 2.67 bits per heavy atom. The number of thiocarbonyl (C=S) groups is 1. The zero-order valence-electron chi connectivity index (χ0n) is 25.4. The van der Waals surface area contributed by atoms with Gasteiger partial charge in [-0.25, -0.2) is 4.79 Å². The van der Waals surface area contributed by atoms with Gasteiger partial charge in [0.2, 0.25) is 0 Å². The van der Waals surface area contributed by atoms with Gasteiger partial charge in [-0.05, 0) is 90.4 Å². The van der Waals surface area contributed by atoms with Crippen LogP contribution >= 0.6 is 24.0 Å². The third-order valence-electron chi connectivity index (χ3n) is 8.93. The molecule has 7 rings (SSSR count). The highest BCUT2D eigenvalue weighted by Crippen LogP contribution is 2.38. The van der Waals surface area contributed by atoms with Gasteiger partial charge in [0.15, 0.2) is 0 Å². The molecule has 2 saturated heterocycles. The SMILES string of the molecule is O=C(O)c1ccc(CCN2C(=O)/C(=C/c3ccc(OCCN4CCOCC4)c(-c4ccc5[nH]c6c(c5c4)CCC6)c3)SC2=S)cc1. The summed E-state index contributed by atoms with van der Waals surface area (Å²) in [6.07, 6.45) is 5.86. The second-order valence-corrected chi connectivity index (χ2v) is 13.5. The maximum absolute atomic E-state index is 13.5. The van der Waals surface area contributed by atoms with Gasteiger partial charge in [0.05, 0.1) is 23.7 Å². The van der Waals surface area contributed by atoms with Crippen molar-refractivity contribution in [3.8, 4) is 16.9 Å². The number of morpholine rings is 1. The van der Waals surface area contributed by atoms with Gasteiger partial charge in [-0.2, -0.15) is 0 Å². The summed E-state index contributed by atoms with van der Waals surface area (Å²) in [7, 11) is 0. The molecular weight excluding hydrogens is 619 g/mol. The predicted octanol–water partition coefficient (Wildman–Crippen LogP) is 6.18. The van der Waals surface area contributed by atoms with E-state index in [1.54, 1.807) is 29.2 Å². The lowest BCUT2D eigenvalue weighted by molar-refractivity contribution is -0.122. The molecule has 10 heteroatoms. The molecule has 0 atom stereocenters.